The number of hydrogen-bond acceptors (Lipinski definition) is 3. The van der Waals surface area contributed by atoms with Gasteiger partial charge in [-0.15, -0.1) is 0 Å². The Morgan fingerprint density at radius 1 is 1.35 bits per heavy atom. The van der Waals surface area contributed by atoms with Crippen LogP contribution in [0, 0.1) is 17.7 Å². The largest absolute Gasteiger partial charge is 0.384 e. The average molecular weight is 274 g/mol. The van der Waals surface area contributed by atoms with E-state index in [-0.39, 0.29) is 13.2 Å². The lowest BCUT2D eigenvalue weighted by Crippen LogP contribution is -2.31. The molecule has 0 bridgehead atoms. The topological polar surface area (TPSA) is 75.1 Å². The van der Waals surface area contributed by atoms with E-state index in [0.717, 1.165) is 16.3 Å². The number of nitrogens with one attached hydrogen (secondary N) is 1. The van der Waals surface area contributed by atoms with E-state index >= 15 is 0 Å². The van der Waals surface area contributed by atoms with Crippen molar-refractivity contribution in [2.24, 2.45) is 0 Å². The molecule has 1 heterocycles. The van der Waals surface area contributed by atoms with Gasteiger partial charge in [0.25, 0.3) is 5.56 Å². The Bertz CT molecular complexity index is 796. The minimum atomic E-state index is -1.03. The lowest BCUT2D eigenvalue weighted by Gasteiger charge is -2.05. The van der Waals surface area contributed by atoms with Crippen molar-refractivity contribution in [3.8, 4) is 11.8 Å². The molecule has 0 atom stereocenters. The molecule has 0 aliphatic rings. The molecule has 0 spiro atoms. The Hall–Kier alpha value is -2.65. The summed E-state index contributed by atoms with van der Waals surface area (Å²) < 4.78 is 14.2. The summed E-state index contributed by atoms with van der Waals surface area (Å²) in [5.41, 5.74) is -0.310. The highest BCUT2D eigenvalue weighted by Crippen LogP contribution is 2.05. The Kier molecular flexibility index (Phi) is 4.13. The van der Waals surface area contributed by atoms with Gasteiger partial charge in [0, 0.05) is 5.56 Å². The van der Waals surface area contributed by atoms with Gasteiger partial charge in [-0.25, -0.2) is 4.79 Å². The van der Waals surface area contributed by atoms with Gasteiger partial charge in [-0.1, -0.05) is 24.0 Å². The summed E-state index contributed by atoms with van der Waals surface area (Å²) in [4.78, 5) is 24.4. The van der Waals surface area contributed by atoms with Crippen molar-refractivity contribution in [3.05, 3.63) is 68.2 Å². The van der Waals surface area contributed by atoms with Crippen LogP contribution in [-0.4, -0.2) is 21.3 Å². The molecule has 102 valence electrons. The molecule has 2 rings (SSSR count). The fourth-order valence-electron chi connectivity index (χ4n) is 1.69. The highest BCUT2D eigenvalue weighted by molar-refractivity contribution is 5.37. The maximum absolute atomic E-state index is 13.2. The number of H-pyrrole nitrogens is 1. The predicted molar refractivity (Wildman–Crippen MR) is 70.8 cm³/mol. The number of halogens is 1. The van der Waals surface area contributed by atoms with Crippen LogP contribution < -0.4 is 11.2 Å². The lowest BCUT2D eigenvalue weighted by atomic mass is 10.1. The molecule has 0 aliphatic carbocycles. The van der Waals surface area contributed by atoms with Gasteiger partial charge in [-0.05, 0) is 17.7 Å². The second kappa shape index (κ2) is 5.99. The van der Waals surface area contributed by atoms with Crippen LogP contribution in [0.4, 0.5) is 4.39 Å². The molecule has 0 radical (unpaired) electrons. The number of aromatic amines is 1. The summed E-state index contributed by atoms with van der Waals surface area (Å²) in [6, 6.07) is 6.96. The van der Waals surface area contributed by atoms with Crippen molar-refractivity contribution in [3.63, 3.8) is 0 Å². The number of nitrogens with zero attached hydrogens (tertiary/aromatic N) is 1. The second-order valence-corrected chi connectivity index (χ2v) is 4.02. The van der Waals surface area contributed by atoms with Crippen LogP contribution in [0.3, 0.4) is 0 Å². The van der Waals surface area contributed by atoms with Gasteiger partial charge in [0.1, 0.15) is 6.61 Å². The normalized spacial score (nSPS) is 9.90. The van der Waals surface area contributed by atoms with E-state index in [2.05, 4.69) is 11.8 Å². The van der Waals surface area contributed by atoms with Crippen LogP contribution in [0.1, 0.15) is 11.1 Å². The van der Waals surface area contributed by atoms with Gasteiger partial charge >= 0.3 is 5.69 Å². The molecule has 2 aromatic rings. The first-order chi connectivity index (χ1) is 9.60. The third-order valence-electron chi connectivity index (χ3n) is 2.56. The van der Waals surface area contributed by atoms with Crippen LogP contribution >= 0.6 is 0 Å². The zero-order valence-electron chi connectivity index (χ0n) is 10.4. The standard InChI is InChI=1S/C14H11FN2O3/c15-12-9-17(14(20)16-13(12)19)8-11-4-1-3-10(7-11)5-2-6-18/h1,3-4,7,9,18H,6,8H2,(H,16,19,20). The van der Waals surface area contributed by atoms with E-state index in [9.17, 15) is 14.0 Å². The van der Waals surface area contributed by atoms with Crippen molar-refractivity contribution in [2.45, 2.75) is 6.54 Å². The maximum Gasteiger partial charge on any atom is 0.328 e. The number of rotatable bonds is 2. The van der Waals surface area contributed by atoms with Crippen LogP contribution in [0.5, 0.6) is 0 Å². The molecular weight excluding hydrogens is 263 g/mol. The summed E-state index contributed by atoms with van der Waals surface area (Å²) in [6.07, 6.45) is 0.868. The molecule has 0 aliphatic heterocycles. The van der Waals surface area contributed by atoms with Gasteiger partial charge in [0.2, 0.25) is 5.82 Å². The van der Waals surface area contributed by atoms with Crippen molar-refractivity contribution >= 4 is 0 Å². The quantitative estimate of drug-likeness (QED) is 0.761. The highest BCUT2D eigenvalue weighted by Gasteiger charge is 2.04. The summed E-state index contributed by atoms with van der Waals surface area (Å²) in [7, 11) is 0. The smallest absolute Gasteiger partial charge is 0.328 e. The number of aromatic nitrogens is 2. The minimum absolute atomic E-state index is 0.112. The van der Waals surface area contributed by atoms with E-state index in [0.29, 0.717) is 5.56 Å². The summed E-state index contributed by atoms with van der Waals surface area (Å²) in [5, 5.41) is 8.63. The first-order valence-electron chi connectivity index (χ1n) is 5.78. The minimum Gasteiger partial charge on any atom is -0.384 e. The van der Waals surface area contributed by atoms with Gasteiger partial charge in [0.05, 0.1) is 12.7 Å². The third-order valence-corrected chi connectivity index (χ3v) is 2.56. The van der Waals surface area contributed by atoms with Crippen LogP contribution in [0.15, 0.2) is 40.1 Å². The number of hydrogen-bond donors (Lipinski definition) is 2. The first kappa shape index (κ1) is 13.8. The molecular formula is C14H11FN2O3. The SMILES string of the molecule is O=c1[nH]c(=O)n(Cc2cccc(C#CCO)c2)cc1F. The Morgan fingerprint density at radius 2 is 2.15 bits per heavy atom. The van der Waals surface area contributed by atoms with Gasteiger partial charge in [0.15, 0.2) is 0 Å². The molecule has 0 saturated carbocycles. The molecule has 1 aromatic heterocycles. The molecule has 1 aromatic carbocycles. The molecule has 20 heavy (non-hydrogen) atoms. The van der Waals surface area contributed by atoms with Crippen molar-refractivity contribution < 1.29 is 9.50 Å². The number of aliphatic hydroxyl groups is 1. The van der Waals surface area contributed by atoms with E-state index in [1.54, 1.807) is 24.3 Å². The predicted octanol–water partition coefficient (Wildman–Crippen LogP) is 0.0678. The monoisotopic (exact) mass is 274 g/mol. The van der Waals surface area contributed by atoms with Gasteiger partial charge in [-0.3, -0.25) is 14.3 Å². The summed E-state index contributed by atoms with van der Waals surface area (Å²) >= 11 is 0. The molecule has 5 nitrogen and oxygen atoms in total. The Balaban J connectivity index is 2.33. The van der Waals surface area contributed by atoms with Crippen LogP contribution in [0.25, 0.3) is 0 Å². The Morgan fingerprint density at radius 3 is 2.90 bits per heavy atom. The maximum atomic E-state index is 13.2. The fraction of sp³-hybridized carbons (Fsp3) is 0.143. The van der Waals surface area contributed by atoms with Gasteiger partial charge < -0.3 is 5.11 Å². The van der Waals surface area contributed by atoms with E-state index in [4.69, 9.17) is 5.11 Å². The fourth-order valence-corrected chi connectivity index (χ4v) is 1.69. The zero-order chi connectivity index (χ0) is 14.5. The highest BCUT2D eigenvalue weighted by atomic mass is 19.1. The molecule has 6 heteroatoms. The lowest BCUT2D eigenvalue weighted by molar-refractivity contribution is 0.350. The molecule has 2 N–H and O–H groups in total. The zero-order valence-corrected chi connectivity index (χ0v) is 10.4. The van der Waals surface area contributed by atoms with Crippen molar-refractivity contribution in [1.82, 2.24) is 9.55 Å². The number of aliphatic hydroxyl groups excluding tert-OH is 1. The summed E-state index contributed by atoms with van der Waals surface area (Å²) in [6.45, 7) is -0.129. The van der Waals surface area contributed by atoms with Crippen LogP contribution in [0.2, 0.25) is 0 Å². The van der Waals surface area contributed by atoms with Crippen molar-refractivity contribution in [2.75, 3.05) is 6.61 Å². The van der Waals surface area contributed by atoms with Crippen molar-refractivity contribution in [1.29, 1.82) is 0 Å². The third kappa shape index (κ3) is 3.22. The average Bonchev–Trinajstić information content (AvgIpc) is 2.43. The van der Waals surface area contributed by atoms with Crippen LogP contribution in [-0.2, 0) is 6.54 Å². The molecule has 0 saturated heterocycles. The molecule has 0 amide bonds. The Labute approximate surface area is 113 Å². The number of benzene rings is 1. The first-order valence-corrected chi connectivity index (χ1v) is 5.78. The second-order valence-electron chi connectivity index (χ2n) is 4.02. The molecule has 0 fully saturated rings. The van der Waals surface area contributed by atoms with E-state index < -0.39 is 17.1 Å². The van der Waals surface area contributed by atoms with E-state index in [1.165, 1.54) is 0 Å². The van der Waals surface area contributed by atoms with Gasteiger partial charge in [-0.2, -0.15) is 4.39 Å². The van der Waals surface area contributed by atoms with E-state index in [1.807, 2.05) is 4.98 Å². The summed E-state index contributed by atoms with van der Waals surface area (Å²) in [5.74, 6) is 4.24. The molecule has 0 unspecified atom stereocenters.